The van der Waals surface area contributed by atoms with Crippen LogP contribution in [0.5, 0.6) is 5.75 Å². The predicted molar refractivity (Wildman–Crippen MR) is 115 cm³/mol. The summed E-state index contributed by atoms with van der Waals surface area (Å²) >= 11 is 0. The molecule has 3 aromatic rings. The minimum absolute atomic E-state index is 0.0162. The number of nitrogens with one attached hydrogen (secondary N) is 2. The molecule has 5 N–H and O–H groups in total. The van der Waals surface area contributed by atoms with E-state index in [1.807, 2.05) is 0 Å². The van der Waals surface area contributed by atoms with Crippen molar-refractivity contribution in [3.05, 3.63) is 34.2 Å². The van der Waals surface area contributed by atoms with E-state index in [0.717, 1.165) is 0 Å². The first-order chi connectivity index (χ1) is 14.7. The Labute approximate surface area is 179 Å². The highest BCUT2D eigenvalue weighted by Gasteiger charge is 2.21. The SMILES string of the molecule is CCOc1ccc(S(=O)(=O)NCCN)cc1-c1nc2c(CC(C)O)nn(C)c2c(=O)[nH]1. The van der Waals surface area contributed by atoms with Gasteiger partial charge in [0.05, 0.1) is 28.9 Å². The number of ether oxygens (including phenoxy) is 1. The maximum Gasteiger partial charge on any atom is 0.277 e. The number of aromatic nitrogens is 4. The Kier molecular flexibility index (Phi) is 6.74. The summed E-state index contributed by atoms with van der Waals surface area (Å²) in [6, 6.07) is 4.31. The Hall–Kier alpha value is -2.80. The van der Waals surface area contributed by atoms with Gasteiger partial charge >= 0.3 is 0 Å². The second-order valence-electron chi connectivity index (χ2n) is 7.01. The number of aliphatic hydroxyl groups excluding tert-OH is 1. The number of aromatic amines is 1. The lowest BCUT2D eigenvalue weighted by Crippen LogP contribution is -2.29. The van der Waals surface area contributed by atoms with E-state index in [1.54, 1.807) is 20.9 Å². The number of hydrogen-bond donors (Lipinski definition) is 4. The van der Waals surface area contributed by atoms with Crippen molar-refractivity contribution >= 4 is 21.1 Å². The Balaban J connectivity index is 2.22. The molecule has 2 heterocycles. The van der Waals surface area contributed by atoms with E-state index >= 15 is 0 Å². The maximum absolute atomic E-state index is 12.8. The lowest BCUT2D eigenvalue weighted by atomic mass is 10.1. The number of benzene rings is 1. The van der Waals surface area contributed by atoms with Crippen LogP contribution in [-0.2, 0) is 23.5 Å². The number of nitrogens with zero attached hydrogens (tertiary/aromatic N) is 3. The van der Waals surface area contributed by atoms with E-state index in [1.165, 1.54) is 22.9 Å². The summed E-state index contributed by atoms with van der Waals surface area (Å²) < 4.78 is 34.6. The van der Waals surface area contributed by atoms with Gasteiger partial charge in [-0.15, -0.1) is 0 Å². The molecular weight excluding hydrogens is 424 g/mol. The van der Waals surface area contributed by atoms with Crippen LogP contribution >= 0.6 is 0 Å². The summed E-state index contributed by atoms with van der Waals surface area (Å²) in [5.74, 6) is 0.500. The average molecular weight is 451 g/mol. The van der Waals surface area contributed by atoms with Gasteiger partial charge in [0.25, 0.3) is 5.56 Å². The molecule has 11 nitrogen and oxygen atoms in total. The largest absolute Gasteiger partial charge is 0.493 e. The average Bonchev–Trinajstić information content (AvgIpc) is 3.02. The number of hydrogen-bond acceptors (Lipinski definition) is 8. The third kappa shape index (κ3) is 4.77. The summed E-state index contributed by atoms with van der Waals surface area (Å²) in [6.07, 6.45) is -0.466. The summed E-state index contributed by atoms with van der Waals surface area (Å²) in [4.78, 5) is 20.0. The summed E-state index contributed by atoms with van der Waals surface area (Å²) in [5.41, 5.74) is 6.32. The van der Waals surface area contributed by atoms with Crippen molar-refractivity contribution in [2.75, 3.05) is 19.7 Å². The van der Waals surface area contributed by atoms with Crippen molar-refractivity contribution < 1.29 is 18.3 Å². The van der Waals surface area contributed by atoms with Gasteiger partial charge in [-0.1, -0.05) is 0 Å². The molecule has 1 atom stereocenters. The maximum atomic E-state index is 12.8. The summed E-state index contributed by atoms with van der Waals surface area (Å²) in [7, 11) is -2.19. The molecule has 0 radical (unpaired) electrons. The molecule has 0 fully saturated rings. The molecule has 0 bridgehead atoms. The van der Waals surface area contributed by atoms with Crippen molar-refractivity contribution in [2.24, 2.45) is 12.8 Å². The minimum atomic E-state index is -3.81. The molecule has 0 saturated heterocycles. The standard InChI is InChI=1S/C19H26N6O5S/c1-4-30-15-6-5-12(31(28,29)21-8-7-20)10-13(15)18-22-16-14(9-11(2)26)24-25(3)17(16)19(27)23-18/h5-6,10-11,21,26H,4,7-9,20H2,1-3H3,(H,22,23,27). The highest BCUT2D eigenvalue weighted by molar-refractivity contribution is 7.89. The zero-order valence-electron chi connectivity index (χ0n) is 17.5. The fraction of sp³-hybridized carbons (Fsp3) is 0.421. The zero-order chi connectivity index (χ0) is 22.8. The molecule has 168 valence electrons. The van der Waals surface area contributed by atoms with Crippen molar-refractivity contribution in [2.45, 2.75) is 31.3 Å². The molecule has 0 spiro atoms. The molecule has 12 heteroatoms. The van der Waals surface area contributed by atoms with E-state index < -0.39 is 21.7 Å². The molecule has 0 aliphatic rings. The van der Waals surface area contributed by atoms with E-state index in [0.29, 0.717) is 29.1 Å². The number of H-pyrrole nitrogens is 1. The second kappa shape index (κ2) is 9.14. The van der Waals surface area contributed by atoms with Crippen molar-refractivity contribution in [3.63, 3.8) is 0 Å². The highest BCUT2D eigenvalue weighted by Crippen LogP contribution is 2.31. The van der Waals surface area contributed by atoms with Gasteiger partial charge < -0.3 is 20.6 Å². The number of sulfonamides is 1. The quantitative estimate of drug-likeness (QED) is 0.350. The van der Waals surface area contributed by atoms with Crippen molar-refractivity contribution in [1.82, 2.24) is 24.5 Å². The van der Waals surface area contributed by atoms with Gasteiger partial charge in [-0.25, -0.2) is 18.1 Å². The fourth-order valence-corrected chi connectivity index (χ4v) is 4.28. The number of aryl methyl sites for hydroxylation is 1. The Morgan fingerprint density at radius 1 is 1.39 bits per heavy atom. The highest BCUT2D eigenvalue weighted by atomic mass is 32.2. The van der Waals surface area contributed by atoms with Crippen molar-refractivity contribution in [1.29, 1.82) is 0 Å². The number of aliphatic hydroxyl groups is 1. The van der Waals surface area contributed by atoms with Gasteiger partial charge in [0, 0.05) is 26.6 Å². The number of nitrogens with two attached hydrogens (primary N) is 1. The smallest absolute Gasteiger partial charge is 0.277 e. The van der Waals surface area contributed by atoms with Gasteiger partial charge in [-0.2, -0.15) is 5.10 Å². The lowest BCUT2D eigenvalue weighted by molar-refractivity contribution is 0.194. The second-order valence-corrected chi connectivity index (χ2v) is 8.78. The molecule has 0 amide bonds. The molecular formula is C19H26N6O5S. The number of fused-ring (bicyclic) bond motifs is 1. The summed E-state index contributed by atoms with van der Waals surface area (Å²) in [5, 5.41) is 14.1. The van der Waals surface area contributed by atoms with Crippen LogP contribution < -0.4 is 20.8 Å². The minimum Gasteiger partial charge on any atom is -0.493 e. The first kappa shape index (κ1) is 22.9. The van der Waals surface area contributed by atoms with Crippen LogP contribution in [-0.4, -0.2) is 59.1 Å². The van der Waals surface area contributed by atoms with Crippen LogP contribution in [0.3, 0.4) is 0 Å². The lowest BCUT2D eigenvalue weighted by Gasteiger charge is -2.13. The van der Waals surface area contributed by atoms with Gasteiger partial charge in [0.15, 0.2) is 5.52 Å². The van der Waals surface area contributed by atoms with Crippen molar-refractivity contribution in [3.8, 4) is 17.1 Å². The van der Waals surface area contributed by atoms with E-state index in [2.05, 4.69) is 19.8 Å². The first-order valence-electron chi connectivity index (χ1n) is 9.78. The van der Waals surface area contributed by atoms with E-state index in [-0.39, 0.29) is 35.7 Å². The third-order valence-corrected chi connectivity index (χ3v) is 5.96. The first-order valence-corrected chi connectivity index (χ1v) is 11.3. The topological polar surface area (TPSA) is 165 Å². The van der Waals surface area contributed by atoms with Crippen LogP contribution in [0.25, 0.3) is 22.4 Å². The van der Waals surface area contributed by atoms with Crippen LogP contribution in [0.4, 0.5) is 0 Å². The van der Waals surface area contributed by atoms with Gasteiger partial charge in [-0.05, 0) is 32.0 Å². The Bertz CT molecular complexity index is 1250. The van der Waals surface area contributed by atoms with Crippen LogP contribution in [0, 0.1) is 0 Å². The van der Waals surface area contributed by atoms with Crippen LogP contribution in [0.2, 0.25) is 0 Å². The fourth-order valence-electron chi connectivity index (χ4n) is 3.21. The zero-order valence-corrected chi connectivity index (χ0v) is 18.4. The summed E-state index contributed by atoms with van der Waals surface area (Å²) in [6.45, 7) is 3.98. The van der Waals surface area contributed by atoms with Gasteiger partial charge in [-0.3, -0.25) is 9.48 Å². The third-order valence-electron chi connectivity index (χ3n) is 4.50. The molecule has 3 rings (SSSR count). The molecule has 0 aliphatic heterocycles. The van der Waals surface area contributed by atoms with E-state index in [4.69, 9.17) is 10.5 Å². The molecule has 31 heavy (non-hydrogen) atoms. The van der Waals surface area contributed by atoms with Crippen LogP contribution in [0.1, 0.15) is 19.5 Å². The normalized spacial score (nSPS) is 12.9. The van der Waals surface area contributed by atoms with E-state index in [9.17, 15) is 18.3 Å². The molecule has 0 aliphatic carbocycles. The molecule has 0 saturated carbocycles. The predicted octanol–water partition coefficient (Wildman–Crippen LogP) is -0.117. The Morgan fingerprint density at radius 2 is 2.13 bits per heavy atom. The monoisotopic (exact) mass is 450 g/mol. The molecule has 1 aromatic carbocycles. The van der Waals surface area contributed by atoms with Gasteiger partial charge in [0.2, 0.25) is 10.0 Å². The Morgan fingerprint density at radius 3 is 2.77 bits per heavy atom. The number of rotatable bonds is 9. The molecule has 2 aromatic heterocycles. The van der Waals surface area contributed by atoms with Crippen LogP contribution in [0.15, 0.2) is 27.9 Å². The molecule has 1 unspecified atom stereocenters. The van der Waals surface area contributed by atoms with Gasteiger partial charge in [0.1, 0.15) is 17.1 Å².